The van der Waals surface area contributed by atoms with Crippen LogP contribution in [0.25, 0.3) is 0 Å². The van der Waals surface area contributed by atoms with Crippen LogP contribution >= 0.6 is 15.9 Å². The molecule has 0 radical (unpaired) electrons. The van der Waals surface area contributed by atoms with E-state index in [-0.39, 0.29) is 6.04 Å². The Morgan fingerprint density at radius 3 is 3.00 bits per heavy atom. The van der Waals surface area contributed by atoms with E-state index in [4.69, 9.17) is 15.2 Å². The third-order valence-electron chi connectivity index (χ3n) is 3.36. The van der Waals surface area contributed by atoms with Crippen LogP contribution in [0, 0.1) is 0 Å². The fourth-order valence-corrected chi connectivity index (χ4v) is 2.96. The first-order valence-corrected chi connectivity index (χ1v) is 7.37. The smallest absolute Gasteiger partial charge is 0.166 e. The molecule has 1 aromatic heterocycles. The van der Waals surface area contributed by atoms with Crippen molar-refractivity contribution in [1.29, 1.82) is 0 Å². The predicted molar refractivity (Wildman–Crippen MR) is 79.1 cm³/mol. The highest BCUT2D eigenvalue weighted by molar-refractivity contribution is 9.10. The lowest BCUT2D eigenvalue weighted by Crippen LogP contribution is -2.22. The second kappa shape index (κ2) is 5.46. The average molecular weight is 338 g/mol. The summed E-state index contributed by atoms with van der Waals surface area (Å²) in [5.41, 5.74) is 8.29. The Morgan fingerprint density at radius 1 is 1.40 bits per heavy atom. The molecule has 0 saturated heterocycles. The van der Waals surface area contributed by atoms with Gasteiger partial charge in [-0.15, -0.1) is 0 Å². The number of aromatic nitrogens is 2. The molecule has 1 atom stereocenters. The van der Waals surface area contributed by atoms with E-state index in [0.717, 1.165) is 33.8 Å². The molecule has 0 fully saturated rings. The molecule has 2 aromatic rings. The van der Waals surface area contributed by atoms with Crippen LogP contribution in [-0.2, 0) is 6.54 Å². The molecular weight excluding hydrogens is 322 g/mol. The van der Waals surface area contributed by atoms with Gasteiger partial charge in [-0.1, -0.05) is 12.1 Å². The van der Waals surface area contributed by atoms with Crippen molar-refractivity contribution in [3.63, 3.8) is 0 Å². The van der Waals surface area contributed by atoms with E-state index in [0.29, 0.717) is 13.2 Å². The van der Waals surface area contributed by atoms with Crippen molar-refractivity contribution in [1.82, 2.24) is 9.78 Å². The number of hydrogen-bond donors (Lipinski definition) is 1. The summed E-state index contributed by atoms with van der Waals surface area (Å²) >= 11 is 3.52. The van der Waals surface area contributed by atoms with Gasteiger partial charge in [0.25, 0.3) is 0 Å². The molecule has 2 N–H and O–H groups in total. The molecule has 5 nitrogen and oxygen atoms in total. The highest BCUT2D eigenvalue weighted by Gasteiger charge is 2.24. The van der Waals surface area contributed by atoms with Crippen LogP contribution in [-0.4, -0.2) is 23.0 Å². The molecule has 1 aromatic carbocycles. The summed E-state index contributed by atoms with van der Waals surface area (Å²) < 4.78 is 14.1. The van der Waals surface area contributed by atoms with Crippen LogP contribution in [0.5, 0.6) is 11.5 Å². The summed E-state index contributed by atoms with van der Waals surface area (Å²) in [7, 11) is 0. The van der Waals surface area contributed by atoms with Gasteiger partial charge in [-0.05, 0) is 28.9 Å². The number of nitrogens with two attached hydrogens (primary N) is 1. The van der Waals surface area contributed by atoms with E-state index in [1.165, 1.54) is 0 Å². The minimum Gasteiger partial charge on any atom is -0.486 e. The monoisotopic (exact) mass is 337 g/mol. The first-order valence-electron chi connectivity index (χ1n) is 6.57. The van der Waals surface area contributed by atoms with Gasteiger partial charge in [0, 0.05) is 12.1 Å². The topological polar surface area (TPSA) is 62.3 Å². The molecule has 0 aliphatic carbocycles. The fourth-order valence-electron chi connectivity index (χ4n) is 2.42. The third-order valence-corrected chi connectivity index (χ3v) is 3.97. The van der Waals surface area contributed by atoms with E-state index in [2.05, 4.69) is 21.0 Å². The largest absolute Gasteiger partial charge is 0.486 e. The number of halogens is 1. The van der Waals surface area contributed by atoms with Crippen molar-refractivity contribution >= 4 is 15.9 Å². The van der Waals surface area contributed by atoms with E-state index < -0.39 is 0 Å². The molecule has 1 unspecified atom stereocenters. The minimum atomic E-state index is -0.316. The Morgan fingerprint density at radius 2 is 2.20 bits per heavy atom. The van der Waals surface area contributed by atoms with Crippen molar-refractivity contribution in [2.75, 3.05) is 13.2 Å². The molecular formula is C14H16BrN3O2. The van der Waals surface area contributed by atoms with E-state index >= 15 is 0 Å². The second-order valence-corrected chi connectivity index (χ2v) is 5.40. The Balaban J connectivity index is 2.06. The molecule has 0 spiro atoms. The summed E-state index contributed by atoms with van der Waals surface area (Å²) in [4.78, 5) is 0. The first kappa shape index (κ1) is 13.5. The Bertz CT molecular complexity index is 627. The Hall–Kier alpha value is -1.53. The van der Waals surface area contributed by atoms with E-state index in [1.807, 2.05) is 29.8 Å². The summed E-state index contributed by atoms with van der Waals surface area (Å²) in [6.07, 6.45) is 1.77. The van der Waals surface area contributed by atoms with Gasteiger partial charge in [0.2, 0.25) is 0 Å². The van der Waals surface area contributed by atoms with Gasteiger partial charge in [0.1, 0.15) is 13.2 Å². The van der Waals surface area contributed by atoms with Gasteiger partial charge in [-0.25, -0.2) is 0 Å². The number of aryl methyl sites for hydroxylation is 1. The normalized spacial score (nSPS) is 15.2. The SMILES string of the molecule is CCn1ncc(Br)c1C(N)c1cccc2c1OCCO2. The standard InChI is InChI=1S/C14H16BrN3O2/c1-2-18-13(10(15)8-17-18)12(16)9-4-3-5-11-14(9)20-7-6-19-11/h3-5,8,12H,2,6-7,16H2,1H3. The van der Waals surface area contributed by atoms with Crippen LogP contribution in [0.3, 0.4) is 0 Å². The summed E-state index contributed by atoms with van der Waals surface area (Å²) in [5, 5.41) is 4.31. The first-order chi connectivity index (χ1) is 9.72. The van der Waals surface area contributed by atoms with Crippen LogP contribution in [0.1, 0.15) is 24.2 Å². The molecule has 106 valence electrons. The zero-order chi connectivity index (χ0) is 14.1. The maximum atomic E-state index is 6.44. The van der Waals surface area contributed by atoms with E-state index in [9.17, 15) is 0 Å². The molecule has 0 amide bonds. The van der Waals surface area contributed by atoms with Crippen molar-refractivity contribution < 1.29 is 9.47 Å². The molecule has 0 bridgehead atoms. The van der Waals surface area contributed by atoms with Gasteiger partial charge in [-0.2, -0.15) is 5.10 Å². The van der Waals surface area contributed by atoms with Crippen LogP contribution < -0.4 is 15.2 Å². The highest BCUT2D eigenvalue weighted by atomic mass is 79.9. The zero-order valence-electron chi connectivity index (χ0n) is 11.2. The van der Waals surface area contributed by atoms with E-state index in [1.54, 1.807) is 6.20 Å². The number of nitrogens with zero attached hydrogens (tertiary/aromatic N) is 2. The lowest BCUT2D eigenvalue weighted by Gasteiger charge is -2.24. The number of fused-ring (bicyclic) bond motifs is 1. The van der Waals surface area contributed by atoms with Gasteiger partial charge in [0.05, 0.1) is 22.4 Å². The summed E-state index contributed by atoms with van der Waals surface area (Å²) in [5.74, 6) is 1.49. The van der Waals surface area contributed by atoms with Crippen LogP contribution in [0.15, 0.2) is 28.9 Å². The maximum Gasteiger partial charge on any atom is 0.166 e. The van der Waals surface area contributed by atoms with Gasteiger partial charge < -0.3 is 15.2 Å². The van der Waals surface area contributed by atoms with Crippen molar-refractivity contribution in [2.24, 2.45) is 5.73 Å². The van der Waals surface area contributed by atoms with Gasteiger partial charge >= 0.3 is 0 Å². The molecule has 2 heterocycles. The Labute approximate surface area is 125 Å². The third kappa shape index (κ3) is 2.19. The van der Waals surface area contributed by atoms with Crippen LogP contribution in [0.4, 0.5) is 0 Å². The van der Waals surface area contributed by atoms with Crippen molar-refractivity contribution in [3.8, 4) is 11.5 Å². The summed E-state index contributed by atoms with van der Waals surface area (Å²) in [6, 6.07) is 5.49. The van der Waals surface area contributed by atoms with Crippen molar-refractivity contribution in [3.05, 3.63) is 40.1 Å². The minimum absolute atomic E-state index is 0.316. The maximum absolute atomic E-state index is 6.44. The van der Waals surface area contributed by atoms with Crippen LogP contribution in [0.2, 0.25) is 0 Å². The number of para-hydroxylation sites is 1. The zero-order valence-corrected chi connectivity index (χ0v) is 12.8. The number of benzene rings is 1. The van der Waals surface area contributed by atoms with Gasteiger partial charge in [-0.3, -0.25) is 4.68 Å². The molecule has 20 heavy (non-hydrogen) atoms. The fraction of sp³-hybridized carbons (Fsp3) is 0.357. The molecule has 1 aliphatic heterocycles. The lowest BCUT2D eigenvalue weighted by molar-refractivity contribution is 0.169. The lowest BCUT2D eigenvalue weighted by atomic mass is 10.0. The molecule has 0 saturated carbocycles. The number of hydrogen-bond acceptors (Lipinski definition) is 4. The average Bonchev–Trinajstić information content (AvgIpc) is 2.87. The molecule has 6 heteroatoms. The molecule has 1 aliphatic rings. The summed E-state index contributed by atoms with van der Waals surface area (Å²) in [6.45, 7) is 3.92. The Kier molecular flexibility index (Phi) is 3.67. The quantitative estimate of drug-likeness (QED) is 0.934. The number of rotatable bonds is 3. The number of ether oxygens (including phenoxy) is 2. The highest BCUT2D eigenvalue weighted by Crippen LogP contribution is 2.39. The van der Waals surface area contributed by atoms with Crippen molar-refractivity contribution in [2.45, 2.75) is 19.5 Å². The second-order valence-electron chi connectivity index (χ2n) is 4.54. The predicted octanol–water partition coefficient (Wildman–Crippen LogP) is 2.48. The van der Waals surface area contributed by atoms with Gasteiger partial charge in [0.15, 0.2) is 11.5 Å². The molecule has 3 rings (SSSR count).